The first-order valence-electron chi connectivity index (χ1n) is 9.02. The van der Waals surface area contributed by atoms with Crippen molar-refractivity contribution in [3.8, 4) is 11.4 Å². The van der Waals surface area contributed by atoms with Crippen LogP contribution in [-0.2, 0) is 0 Å². The second-order valence-electron chi connectivity index (χ2n) is 6.42. The molecule has 1 aromatic carbocycles. The fourth-order valence-electron chi connectivity index (χ4n) is 3.70. The van der Waals surface area contributed by atoms with E-state index in [0.717, 1.165) is 34.5 Å². The molecule has 5 nitrogen and oxygen atoms in total. The summed E-state index contributed by atoms with van der Waals surface area (Å²) in [5.41, 5.74) is 3.20. The number of rotatable bonds is 5. The van der Waals surface area contributed by atoms with Crippen molar-refractivity contribution >= 4 is 17.3 Å². The Balaban J connectivity index is 1.80. The van der Waals surface area contributed by atoms with Crippen LogP contribution in [0.1, 0.15) is 30.4 Å². The first-order valence-corrected chi connectivity index (χ1v) is 9.43. The van der Waals surface area contributed by atoms with E-state index in [2.05, 4.69) is 51.1 Å². The first kappa shape index (κ1) is 17.5. The third-order valence-corrected chi connectivity index (χ3v) is 5.31. The van der Waals surface area contributed by atoms with E-state index in [1.165, 1.54) is 0 Å². The quantitative estimate of drug-likeness (QED) is 0.683. The average Bonchev–Trinajstić information content (AvgIpc) is 3.32. The smallest absolute Gasteiger partial charge is 0.170 e. The second-order valence-corrected chi connectivity index (χ2v) is 6.80. The highest BCUT2D eigenvalue weighted by atomic mass is 32.1. The Morgan fingerprint density at radius 3 is 2.78 bits per heavy atom. The van der Waals surface area contributed by atoms with Crippen LogP contribution >= 0.6 is 12.2 Å². The Bertz CT molecular complexity index is 940. The summed E-state index contributed by atoms with van der Waals surface area (Å²) >= 11 is 5.63. The molecule has 0 aliphatic carbocycles. The summed E-state index contributed by atoms with van der Waals surface area (Å²) in [5, 5.41) is 4.23. The van der Waals surface area contributed by atoms with Crippen molar-refractivity contribution in [2.45, 2.75) is 19.0 Å². The van der Waals surface area contributed by atoms with E-state index in [1.54, 1.807) is 7.11 Å². The lowest BCUT2D eigenvalue weighted by molar-refractivity contribution is 0.321. The third kappa shape index (κ3) is 3.17. The summed E-state index contributed by atoms with van der Waals surface area (Å²) < 4.78 is 7.60. The van der Waals surface area contributed by atoms with Gasteiger partial charge < -0.3 is 19.5 Å². The van der Waals surface area contributed by atoms with Gasteiger partial charge in [0, 0.05) is 36.4 Å². The van der Waals surface area contributed by atoms with Crippen LogP contribution in [-0.4, -0.2) is 33.2 Å². The number of hydrogen-bond donors (Lipinski definition) is 1. The zero-order valence-corrected chi connectivity index (χ0v) is 16.2. The van der Waals surface area contributed by atoms with Gasteiger partial charge in [-0.25, -0.2) is 0 Å². The van der Waals surface area contributed by atoms with E-state index < -0.39 is 0 Å². The van der Waals surface area contributed by atoms with Gasteiger partial charge in [0.05, 0.1) is 24.9 Å². The number of nitrogens with zero attached hydrogens (tertiary/aromatic N) is 3. The van der Waals surface area contributed by atoms with Gasteiger partial charge in [0.2, 0.25) is 0 Å². The van der Waals surface area contributed by atoms with Gasteiger partial charge in [0.15, 0.2) is 5.11 Å². The molecule has 0 amide bonds. The molecule has 1 saturated heterocycles. The number of benzene rings is 1. The minimum atomic E-state index is -0.00194. The minimum absolute atomic E-state index is 0.00194. The number of hydrogen-bond acceptors (Lipinski definition) is 3. The van der Waals surface area contributed by atoms with Crippen LogP contribution in [0.2, 0.25) is 0 Å². The summed E-state index contributed by atoms with van der Waals surface area (Å²) in [6.45, 7) is 2.95. The first-order chi connectivity index (χ1) is 13.2. The van der Waals surface area contributed by atoms with Crippen molar-refractivity contribution in [1.29, 1.82) is 0 Å². The highest BCUT2D eigenvalue weighted by Crippen LogP contribution is 2.39. The molecule has 1 aliphatic rings. The van der Waals surface area contributed by atoms with Gasteiger partial charge in [-0.15, -0.1) is 0 Å². The molecule has 1 fully saturated rings. The molecule has 138 valence electrons. The monoisotopic (exact) mass is 378 g/mol. The molecule has 0 spiro atoms. The lowest BCUT2D eigenvalue weighted by Crippen LogP contribution is -2.30. The second kappa shape index (κ2) is 7.40. The van der Waals surface area contributed by atoms with E-state index in [-0.39, 0.29) is 12.1 Å². The predicted molar refractivity (Wildman–Crippen MR) is 110 cm³/mol. The molecule has 0 unspecified atom stereocenters. The Kier molecular flexibility index (Phi) is 4.81. The zero-order chi connectivity index (χ0) is 18.8. The van der Waals surface area contributed by atoms with Crippen molar-refractivity contribution in [3.63, 3.8) is 0 Å². The summed E-state index contributed by atoms with van der Waals surface area (Å²) in [6, 6.07) is 18.3. The Morgan fingerprint density at radius 2 is 2.04 bits per heavy atom. The van der Waals surface area contributed by atoms with Gasteiger partial charge in [0.1, 0.15) is 5.75 Å². The molecule has 3 aromatic rings. The predicted octanol–water partition coefficient (Wildman–Crippen LogP) is 3.87. The fraction of sp³-hybridized carbons (Fsp3) is 0.238. The molecule has 27 heavy (non-hydrogen) atoms. The van der Waals surface area contributed by atoms with Crippen LogP contribution < -0.4 is 10.1 Å². The highest BCUT2D eigenvalue weighted by molar-refractivity contribution is 7.80. The van der Waals surface area contributed by atoms with Crippen LogP contribution in [0.15, 0.2) is 67.0 Å². The Hall–Kier alpha value is -2.86. The summed E-state index contributed by atoms with van der Waals surface area (Å²) in [6.07, 6.45) is 3.90. The van der Waals surface area contributed by atoms with Gasteiger partial charge in [-0.3, -0.25) is 4.98 Å². The van der Waals surface area contributed by atoms with Crippen molar-refractivity contribution in [1.82, 2.24) is 19.8 Å². The number of pyridine rings is 1. The van der Waals surface area contributed by atoms with Crippen LogP contribution in [0.5, 0.6) is 5.75 Å². The van der Waals surface area contributed by atoms with Crippen LogP contribution in [0.3, 0.4) is 0 Å². The van der Waals surface area contributed by atoms with Crippen molar-refractivity contribution in [2.24, 2.45) is 0 Å². The topological polar surface area (TPSA) is 42.3 Å². The standard InChI is InChI=1S/C21H22N4OS/c1-3-24-20(19(23-21(24)27)17-10-4-5-12-22-17)18-11-7-13-25(18)15-8-6-9-16(14-15)26-2/h4-14,19-20H,3H2,1-2H3,(H,23,27)/t19-,20-/m1/s1. The molecule has 3 heterocycles. The van der Waals surface area contributed by atoms with E-state index in [0.29, 0.717) is 0 Å². The van der Waals surface area contributed by atoms with Crippen LogP contribution in [0.25, 0.3) is 5.69 Å². The number of methoxy groups -OCH3 is 1. The van der Waals surface area contributed by atoms with Gasteiger partial charge >= 0.3 is 0 Å². The van der Waals surface area contributed by atoms with Gasteiger partial charge in [0.25, 0.3) is 0 Å². The number of thiocarbonyl (C=S) groups is 1. The average molecular weight is 379 g/mol. The van der Waals surface area contributed by atoms with E-state index in [4.69, 9.17) is 17.0 Å². The number of nitrogens with one attached hydrogen (secondary N) is 1. The lowest BCUT2D eigenvalue weighted by Gasteiger charge is -2.28. The molecule has 6 heteroatoms. The van der Waals surface area contributed by atoms with Gasteiger partial charge in [-0.2, -0.15) is 0 Å². The lowest BCUT2D eigenvalue weighted by atomic mass is 10.0. The SMILES string of the molecule is CCN1C(=S)N[C@H](c2ccccn2)[C@H]1c1cccn1-c1cccc(OC)c1. The van der Waals surface area contributed by atoms with Crippen molar-refractivity contribution < 1.29 is 4.74 Å². The number of likely N-dealkylation sites (N-methyl/N-ethyl adjacent to an activating group) is 1. The summed E-state index contributed by atoms with van der Waals surface area (Å²) in [7, 11) is 1.69. The molecule has 0 saturated carbocycles. The van der Waals surface area contributed by atoms with Crippen molar-refractivity contribution in [2.75, 3.05) is 13.7 Å². The Labute approximate surface area is 164 Å². The van der Waals surface area contributed by atoms with Gasteiger partial charge in [-0.1, -0.05) is 12.1 Å². The third-order valence-electron chi connectivity index (χ3n) is 4.95. The maximum absolute atomic E-state index is 5.63. The van der Waals surface area contributed by atoms with Crippen LogP contribution in [0, 0.1) is 0 Å². The van der Waals surface area contributed by atoms with Crippen molar-refractivity contribution in [3.05, 3.63) is 78.4 Å². The van der Waals surface area contributed by atoms with Gasteiger partial charge in [-0.05, 0) is 55.5 Å². The normalized spacial score (nSPS) is 19.2. The van der Waals surface area contributed by atoms with E-state index in [9.17, 15) is 0 Å². The zero-order valence-electron chi connectivity index (χ0n) is 15.4. The minimum Gasteiger partial charge on any atom is -0.497 e. The largest absolute Gasteiger partial charge is 0.497 e. The fourth-order valence-corrected chi connectivity index (χ4v) is 4.07. The summed E-state index contributed by atoms with van der Waals surface area (Å²) in [5.74, 6) is 0.834. The number of aromatic nitrogens is 2. The maximum Gasteiger partial charge on any atom is 0.170 e. The molecule has 0 radical (unpaired) electrons. The molecule has 0 bridgehead atoms. The summed E-state index contributed by atoms with van der Waals surface area (Å²) in [4.78, 5) is 6.80. The van der Waals surface area contributed by atoms with E-state index >= 15 is 0 Å². The highest BCUT2D eigenvalue weighted by Gasteiger charge is 2.40. The maximum atomic E-state index is 5.63. The molecule has 1 aliphatic heterocycles. The molecule has 2 atom stereocenters. The molecule has 1 N–H and O–H groups in total. The molecule has 2 aromatic heterocycles. The number of ether oxygens (including phenoxy) is 1. The molecule has 4 rings (SSSR count). The molecular weight excluding hydrogens is 356 g/mol. The van der Waals surface area contributed by atoms with E-state index in [1.807, 2.05) is 42.6 Å². The molecular formula is C21H22N4OS. The Morgan fingerprint density at radius 1 is 1.15 bits per heavy atom. The van der Waals surface area contributed by atoms with Crippen LogP contribution in [0.4, 0.5) is 0 Å².